The van der Waals surface area contributed by atoms with Gasteiger partial charge in [-0.25, -0.2) is 9.98 Å². The van der Waals surface area contributed by atoms with Crippen LogP contribution in [0.5, 0.6) is 0 Å². The van der Waals surface area contributed by atoms with Gasteiger partial charge in [-0.15, -0.1) is 11.8 Å². The van der Waals surface area contributed by atoms with Gasteiger partial charge in [-0.1, -0.05) is 23.4 Å². The number of aliphatic hydroxyl groups excluding tert-OH is 2. The van der Waals surface area contributed by atoms with Crippen molar-refractivity contribution in [2.45, 2.75) is 37.6 Å². The molecule has 0 aromatic carbocycles. The third-order valence-electron chi connectivity index (χ3n) is 4.47. The number of guanidine groups is 1. The molecule has 0 aromatic heterocycles. The number of nitrogens with zero attached hydrogens (tertiary/aromatic N) is 2. The quantitative estimate of drug-likeness (QED) is 0.547. The lowest BCUT2D eigenvalue weighted by molar-refractivity contribution is 0.0907. The van der Waals surface area contributed by atoms with Crippen LogP contribution >= 0.6 is 23.4 Å². The number of nitrogens with one attached hydrogen (secondary N) is 1. The van der Waals surface area contributed by atoms with E-state index in [-0.39, 0.29) is 30.4 Å². The van der Waals surface area contributed by atoms with Crippen molar-refractivity contribution in [3.05, 3.63) is 11.0 Å². The summed E-state index contributed by atoms with van der Waals surface area (Å²) in [6, 6.07) is 0.0341. The van der Waals surface area contributed by atoms with E-state index in [1.807, 2.05) is 0 Å². The zero-order valence-corrected chi connectivity index (χ0v) is 14.7. The number of aliphatic hydroxyl groups is 2. The number of hydrogen-bond donors (Lipinski definition) is 4. The molecule has 0 saturated heterocycles. The van der Waals surface area contributed by atoms with Crippen molar-refractivity contribution in [1.29, 1.82) is 0 Å². The Hall–Kier alpha value is -1.04. The molecule has 5 N–H and O–H groups in total. The first-order valence-corrected chi connectivity index (χ1v) is 9.44. The normalized spacial score (nSPS) is 35.8. The highest BCUT2D eigenvalue weighted by Gasteiger charge is 2.36. The van der Waals surface area contributed by atoms with E-state index in [1.54, 1.807) is 11.8 Å². The van der Waals surface area contributed by atoms with Crippen LogP contribution in [0.3, 0.4) is 0 Å². The lowest BCUT2D eigenvalue weighted by Crippen LogP contribution is -2.45. The minimum absolute atomic E-state index is 0.0211. The molecule has 1 fully saturated rings. The molecule has 2 aliphatic heterocycles. The summed E-state index contributed by atoms with van der Waals surface area (Å²) in [5, 5.41) is 25.0. The molecule has 1 aliphatic carbocycles. The summed E-state index contributed by atoms with van der Waals surface area (Å²) in [4.78, 5) is 8.37. The molecule has 0 spiro atoms. The van der Waals surface area contributed by atoms with E-state index in [4.69, 9.17) is 17.3 Å². The summed E-state index contributed by atoms with van der Waals surface area (Å²) in [5.41, 5.74) is 6.84. The van der Waals surface area contributed by atoms with Crippen molar-refractivity contribution in [3.8, 4) is 11.8 Å². The van der Waals surface area contributed by atoms with Gasteiger partial charge in [0.05, 0.1) is 6.10 Å². The number of halogens is 1. The van der Waals surface area contributed by atoms with Crippen molar-refractivity contribution in [2.24, 2.45) is 27.6 Å². The maximum absolute atomic E-state index is 9.96. The molecule has 8 heteroatoms. The zero-order valence-electron chi connectivity index (χ0n) is 13.2. The molecule has 6 nitrogen and oxygen atoms in total. The molecular weight excluding hydrogens is 348 g/mol. The number of aliphatic imine (C=N–C) groups is 2. The summed E-state index contributed by atoms with van der Waals surface area (Å²) >= 11 is 8.02. The topological polar surface area (TPSA) is 103 Å². The minimum Gasteiger partial charge on any atom is -0.396 e. The Morgan fingerprint density at radius 3 is 2.96 bits per heavy atom. The molecular formula is C16H21ClN4O2S. The van der Waals surface area contributed by atoms with Crippen molar-refractivity contribution in [1.82, 2.24) is 5.32 Å². The van der Waals surface area contributed by atoms with Gasteiger partial charge in [0.2, 0.25) is 5.96 Å². The number of rotatable bonds is 3. The summed E-state index contributed by atoms with van der Waals surface area (Å²) in [6.45, 7) is -0.0211. The molecule has 2 heterocycles. The number of nitrogens with two attached hydrogens (primary N) is 1. The minimum atomic E-state index is -0.508. The van der Waals surface area contributed by atoms with E-state index in [0.29, 0.717) is 18.0 Å². The number of hydrogen-bond acceptors (Lipinski definition) is 7. The predicted octanol–water partition coefficient (Wildman–Crippen LogP) is 0.640. The van der Waals surface area contributed by atoms with Gasteiger partial charge in [-0.2, -0.15) is 0 Å². The second-order valence-electron chi connectivity index (χ2n) is 6.22. The molecule has 0 amide bonds. The molecule has 3 rings (SSSR count). The second-order valence-corrected chi connectivity index (χ2v) is 7.59. The summed E-state index contributed by atoms with van der Waals surface area (Å²) < 4.78 is 0. The summed E-state index contributed by atoms with van der Waals surface area (Å²) in [7, 11) is 0. The van der Waals surface area contributed by atoms with E-state index in [1.165, 1.54) is 0 Å². The van der Waals surface area contributed by atoms with Gasteiger partial charge in [0.15, 0.2) is 0 Å². The van der Waals surface area contributed by atoms with Crippen molar-refractivity contribution in [3.63, 3.8) is 0 Å². The van der Waals surface area contributed by atoms with Gasteiger partial charge in [-0.05, 0) is 24.7 Å². The molecule has 0 aromatic rings. The third-order valence-corrected chi connectivity index (χ3v) is 5.68. The first-order valence-electron chi connectivity index (χ1n) is 8.01. The van der Waals surface area contributed by atoms with Crippen LogP contribution < -0.4 is 11.1 Å². The van der Waals surface area contributed by atoms with Gasteiger partial charge >= 0.3 is 0 Å². The Kier molecular flexibility index (Phi) is 5.85. The molecule has 0 radical (unpaired) electrons. The Morgan fingerprint density at radius 1 is 1.46 bits per heavy atom. The van der Waals surface area contributed by atoms with E-state index in [9.17, 15) is 10.2 Å². The fraction of sp³-hybridized carbons (Fsp3) is 0.625. The number of thioether (sulfide) groups is 1. The first-order chi connectivity index (χ1) is 11.6. The highest BCUT2D eigenvalue weighted by atomic mass is 35.5. The molecule has 3 aliphatic rings. The zero-order chi connectivity index (χ0) is 17.1. The number of allylic oxidation sites excluding steroid dienone is 1. The molecule has 0 bridgehead atoms. The standard InChI is InChI=1S/C16H21ClN4O2S/c17-14-12(2-1-9-3-4-24-8-9)15(21-16(18)20-14)19-11-5-10(7-22)13(23)6-11/h8,10-13,15,19,22-23H,3-7H2,(H2,18,21)/t10-,11?,12?,13+,15?/m1/s1. The van der Waals surface area contributed by atoms with Gasteiger partial charge in [0.25, 0.3) is 0 Å². The highest BCUT2D eigenvalue weighted by Crippen LogP contribution is 2.28. The fourth-order valence-corrected chi connectivity index (χ4v) is 4.25. The average Bonchev–Trinajstić information content (AvgIpc) is 3.15. The van der Waals surface area contributed by atoms with Gasteiger partial charge in [-0.3, -0.25) is 5.32 Å². The van der Waals surface area contributed by atoms with E-state index < -0.39 is 12.3 Å². The van der Waals surface area contributed by atoms with Gasteiger partial charge in [0.1, 0.15) is 17.3 Å². The smallest absolute Gasteiger partial charge is 0.218 e. The maximum atomic E-state index is 9.96. The van der Waals surface area contributed by atoms with Crippen LogP contribution in [0, 0.1) is 23.7 Å². The molecule has 5 atom stereocenters. The lowest BCUT2D eigenvalue weighted by Gasteiger charge is -2.26. The Bertz CT molecular complexity index is 640. The van der Waals surface area contributed by atoms with E-state index in [0.717, 1.165) is 17.7 Å². The monoisotopic (exact) mass is 368 g/mol. The van der Waals surface area contributed by atoms with Crippen LogP contribution in [0.2, 0.25) is 0 Å². The predicted molar refractivity (Wildman–Crippen MR) is 97.9 cm³/mol. The molecule has 3 unspecified atom stereocenters. The van der Waals surface area contributed by atoms with Crippen LogP contribution in [-0.4, -0.2) is 52.0 Å². The summed E-state index contributed by atoms with van der Waals surface area (Å²) in [6.07, 6.45) is 1.31. The van der Waals surface area contributed by atoms with Crippen LogP contribution in [0.1, 0.15) is 19.3 Å². The summed E-state index contributed by atoms with van der Waals surface area (Å²) in [5.74, 6) is 7.04. The van der Waals surface area contributed by atoms with Crippen LogP contribution in [0.4, 0.5) is 0 Å². The first kappa shape index (κ1) is 17.8. The average molecular weight is 369 g/mol. The maximum Gasteiger partial charge on any atom is 0.218 e. The van der Waals surface area contributed by atoms with Crippen molar-refractivity contribution in [2.75, 3.05) is 12.4 Å². The van der Waals surface area contributed by atoms with E-state index >= 15 is 0 Å². The Balaban J connectivity index is 1.72. The third kappa shape index (κ3) is 4.13. The largest absolute Gasteiger partial charge is 0.396 e. The van der Waals surface area contributed by atoms with Crippen LogP contribution in [0.25, 0.3) is 0 Å². The SMILES string of the molecule is NC1=NC(NC2C[C@H](CO)[C@@H](O)C2)C(C#CC2=CSCC2)C(Cl)=N1. The van der Waals surface area contributed by atoms with E-state index in [2.05, 4.69) is 32.6 Å². The molecule has 24 heavy (non-hydrogen) atoms. The fourth-order valence-electron chi connectivity index (χ4n) is 3.15. The van der Waals surface area contributed by atoms with Gasteiger partial charge in [0, 0.05) is 29.9 Å². The molecule has 130 valence electrons. The van der Waals surface area contributed by atoms with Crippen LogP contribution in [-0.2, 0) is 0 Å². The Morgan fingerprint density at radius 2 is 2.29 bits per heavy atom. The van der Waals surface area contributed by atoms with Crippen molar-refractivity contribution < 1.29 is 10.2 Å². The van der Waals surface area contributed by atoms with Crippen LogP contribution in [0.15, 0.2) is 21.0 Å². The van der Waals surface area contributed by atoms with Gasteiger partial charge < -0.3 is 15.9 Å². The Labute approximate surface area is 150 Å². The van der Waals surface area contributed by atoms with Crippen molar-refractivity contribution >= 4 is 34.5 Å². The second kappa shape index (κ2) is 7.89. The molecule has 1 saturated carbocycles. The highest BCUT2D eigenvalue weighted by molar-refractivity contribution is 8.02. The lowest BCUT2D eigenvalue weighted by atomic mass is 10.0.